The van der Waals surface area contributed by atoms with E-state index in [4.69, 9.17) is 16.3 Å². The third kappa shape index (κ3) is 1.91. The van der Waals surface area contributed by atoms with Gasteiger partial charge in [-0.05, 0) is 6.07 Å². The Kier molecular flexibility index (Phi) is 2.09. The first kappa shape index (κ1) is 9.53. The first-order valence-corrected chi connectivity index (χ1v) is 4.52. The van der Waals surface area contributed by atoms with Gasteiger partial charge in [0.1, 0.15) is 0 Å². The van der Waals surface area contributed by atoms with Crippen molar-refractivity contribution in [3.8, 4) is 18.2 Å². The van der Waals surface area contributed by atoms with Gasteiger partial charge in [0, 0.05) is 18.9 Å². The number of rotatable bonds is 3. The van der Waals surface area contributed by atoms with Crippen molar-refractivity contribution < 1.29 is 14.6 Å². The summed E-state index contributed by atoms with van der Waals surface area (Å²) in [6, 6.07) is 4.59. The van der Waals surface area contributed by atoms with Crippen LogP contribution >= 0.6 is 0 Å². The molecule has 0 amide bonds. The number of terminal acetylenes is 1. The molecule has 0 aromatic carbocycles. The van der Waals surface area contributed by atoms with Crippen LogP contribution in [-0.4, -0.2) is 21.7 Å². The van der Waals surface area contributed by atoms with Crippen molar-refractivity contribution in [2.24, 2.45) is 0 Å². The van der Waals surface area contributed by atoms with E-state index in [-0.39, 0.29) is 11.6 Å². The molecule has 2 rings (SSSR count). The van der Waals surface area contributed by atoms with Gasteiger partial charge in [-0.25, -0.2) is 9.78 Å². The highest BCUT2D eigenvalue weighted by Crippen LogP contribution is 2.38. The maximum absolute atomic E-state index is 10.6. The van der Waals surface area contributed by atoms with Crippen LogP contribution in [0.2, 0.25) is 0 Å². The van der Waals surface area contributed by atoms with E-state index in [9.17, 15) is 4.79 Å². The molecular formula is C11H9NO3. The standard InChI is InChI=1S/C11H9NO3/c1-2-11(6-7-11)15-9-5-3-4-8(12-9)10(13)14/h1,3-5H,6-7H2,(H,13,14). The van der Waals surface area contributed by atoms with Gasteiger partial charge in [-0.15, -0.1) is 6.42 Å². The van der Waals surface area contributed by atoms with Gasteiger partial charge in [-0.1, -0.05) is 12.0 Å². The predicted octanol–water partition coefficient (Wildman–Crippen LogP) is 1.32. The van der Waals surface area contributed by atoms with E-state index in [1.807, 2.05) is 0 Å². The summed E-state index contributed by atoms with van der Waals surface area (Å²) < 4.78 is 5.44. The van der Waals surface area contributed by atoms with E-state index in [0.717, 1.165) is 12.8 Å². The van der Waals surface area contributed by atoms with Crippen molar-refractivity contribution in [1.29, 1.82) is 0 Å². The van der Waals surface area contributed by atoms with Crippen molar-refractivity contribution >= 4 is 5.97 Å². The number of aromatic carboxylic acids is 1. The molecular weight excluding hydrogens is 194 g/mol. The molecule has 1 aliphatic rings. The zero-order valence-corrected chi connectivity index (χ0v) is 7.93. The first-order valence-electron chi connectivity index (χ1n) is 4.52. The fourth-order valence-corrected chi connectivity index (χ4v) is 1.18. The van der Waals surface area contributed by atoms with Crippen LogP contribution in [0.25, 0.3) is 0 Å². The molecule has 0 unspecified atom stereocenters. The Hall–Kier alpha value is -2.02. The fraction of sp³-hybridized carbons (Fsp3) is 0.273. The highest BCUT2D eigenvalue weighted by Gasteiger charge is 2.44. The summed E-state index contributed by atoms with van der Waals surface area (Å²) in [4.78, 5) is 14.5. The Balaban J connectivity index is 2.19. The molecule has 1 aliphatic carbocycles. The summed E-state index contributed by atoms with van der Waals surface area (Å²) in [6.07, 6.45) is 6.88. The molecule has 1 fully saturated rings. The normalized spacial score (nSPS) is 16.5. The molecule has 0 aliphatic heterocycles. The van der Waals surface area contributed by atoms with Crippen molar-refractivity contribution in [1.82, 2.24) is 4.98 Å². The Bertz CT molecular complexity index is 443. The highest BCUT2D eigenvalue weighted by molar-refractivity contribution is 5.85. The number of nitrogens with zero attached hydrogens (tertiary/aromatic N) is 1. The second-order valence-electron chi connectivity index (χ2n) is 3.41. The summed E-state index contributed by atoms with van der Waals surface area (Å²) in [5.74, 6) is 1.73. The Morgan fingerprint density at radius 3 is 2.87 bits per heavy atom. The molecule has 0 saturated heterocycles. The molecule has 0 atom stereocenters. The smallest absolute Gasteiger partial charge is 0.354 e. The van der Waals surface area contributed by atoms with Gasteiger partial charge in [0.2, 0.25) is 5.88 Å². The number of ether oxygens (including phenoxy) is 1. The van der Waals surface area contributed by atoms with Crippen LogP contribution in [0.15, 0.2) is 18.2 Å². The molecule has 1 saturated carbocycles. The minimum Gasteiger partial charge on any atom is -0.477 e. The van der Waals surface area contributed by atoms with Crippen LogP contribution < -0.4 is 4.74 Å². The van der Waals surface area contributed by atoms with Gasteiger partial charge >= 0.3 is 5.97 Å². The summed E-state index contributed by atoms with van der Waals surface area (Å²) >= 11 is 0. The van der Waals surface area contributed by atoms with Crippen molar-refractivity contribution in [3.05, 3.63) is 23.9 Å². The Morgan fingerprint density at radius 1 is 1.60 bits per heavy atom. The summed E-state index contributed by atoms with van der Waals surface area (Å²) in [7, 11) is 0. The average Bonchev–Trinajstić information content (AvgIpc) is 2.99. The topological polar surface area (TPSA) is 59.4 Å². The van der Waals surface area contributed by atoms with Crippen LogP contribution in [-0.2, 0) is 0 Å². The maximum Gasteiger partial charge on any atom is 0.354 e. The Morgan fingerprint density at radius 2 is 2.33 bits per heavy atom. The fourth-order valence-electron chi connectivity index (χ4n) is 1.18. The predicted molar refractivity (Wildman–Crippen MR) is 52.6 cm³/mol. The molecule has 0 bridgehead atoms. The molecule has 0 spiro atoms. The van der Waals surface area contributed by atoms with Crippen molar-refractivity contribution in [2.75, 3.05) is 0 Å². The maximum atomic E-state index is 10.6. The van der Waals surface area contributed by atoms with Crippen LogP contribution in [0.3, 0.4) is 0 Å². The minimum absolute atomic E-state index is 0.0414. The second-order valence-corrected chi connectivity index (χ2v) is 3.41. The zero-order valence-electron chi connectivity index (χ0n) is 7.93. The highest BCUT2D eigenvalue weighted by atomic mass is 16.5. The van der Waals surface area contributed by atoms with Crippen LogP contribution in [0.5, 0.6) is 5.88 Å². The third-order valence-corrected chi connectivity index (χ3v) is 2.21. The number of hydrogen-bond acceptors (Lipinski definition) is 3. The van der Waals surface area contributed by atoms with E-state index < -0.39 is 11.6 Å². The number of carbonyl (C=O) groups is 1. The molecule has 4 heteroatoms. The van der Waals surface area contributed by atoms with Gasteiger partial charge in [-0.3, -0.25) is 0 Å². The summed E-state index contributed by atoms with van der Waals surface area (Å²) in [5, 5.41) is 8.72. The zero-order chi connectivity index (χ0) is 10.9. The monoisotopic (exact) mass is 203 g/mol. The molecule has 1 aromatic heterocycles. The lowest BCUT2D eigenvalue weighted by Crippen LogP contribution is -2.16. The molecule has 4 nitrogen and oxygen atoms in total. The van der Waals surface area contributed by atoms with Gasteiger partial charge in [0.25, 0.3) is 0 Å². The quantitative estimate of drug-likeness (QED) is 0.753. The minimum atomic E-state index is -1.08. The molecule has 0 radical (unpaired) electrons. The van der Waals surface area contributed by atoms with E-state index in [2.05, 4.69) is 10.9 Å². The van der Waals surface area contributed by atoms with E-state index >= 15 is 0 Å². The number of aromatic nitrogens is 1. The van der Waals surface area contributed by atoms with Crippen LogP contribution in [0.1, 0.15) is 23.3 Å². The van der Waals surface area contributed by atoms with E-state index in [0.29, 0.717) is 0 Å². The first-order chi connectivity index (χ1) is 7.15. The molecule has 1 N–H and O–H groups in total. The molecule has 1 aromatic rings. The van der Waals surface area contributed by atoms with Crippen LogP contribution in [0.4, 0.5) is 0 Å². The second kappa shape index (κ2) is 3.28. The molecule has 76 valence electrons. The van der Waals surface area contributed by atoms with Gasteiger partial charge in [0.05, 0.1) is 0 Å². The molecule has 1 heterocycles. The lowest BCUT2D eigenvalue weighted by molar-refractivity contribution is 0.0688. The van der Waals surface area contributed by atoms with Gasteiger partial charge < -0.3 is 9.84 Å². The Labute approximate surface area is 86.9 Å². The van der Waals surface area contributed by atoms with Gasteiger partial charge in [0.15, 0.2) is 11.3 Å². The van der Waals surface area contributed by atoms with Crippen LogP contribution in [0, 0.1) is 12.3 Å². The average molecular weight is 203 g/mol. The van der Waals surface area contributed by atoms with E-state index in [1.165, 1.54) is 6.07 Å². The lowest BCUT2D eigenvalue weighted by atomic mass is 10.3. The third-order valence-electron chi connectivity index (χ3n) is 2.21. The van der Waals surface area contributed by atoms with Gasteiger partial charge in [-0.2, -0.15) is 0 Å². The number of pyridine rings is 1. The SMILES string of the molecule is C#CC1(Oc2cccc(C(=O)O)n2)CC1. The number of hydrogen-bond donors (Lipinski definition) is 1. The summed E-state index contributed by atoms with van der Waals surface area (Å²) in [5.41, 5.74) is -0.593. The lowest BCUT2D eigenvalue weighted by Gasteiger charge is -2.10. The van der Waals surface area contributed by atoms with E-state index in [1.54, 1.807) is 12.1 Å². The van der Waals surface area contributed by atoms with Crippen molar-refractivity contribution in [2.45, 2.75) is 18.4 Å². The summed E-state index contributed by atoms with van der Waals surface area (Å²) in [6.45, 7) is 0. The number of carboxylic acids is 1. The largest absolute Gasteiger partial charge is 0.477 e. The number of carboxylic acid groups (broad SMARTS) is 1. The van der Waals surface area contributed by atoms with Crippen molar-refractivity contribution in [3.63, 3.8) is 0 Å². The molecule has 15 heavy (non-hydrogen) atoms.